The van der Waals surface area contributed by atoms with Crippen LogP contribution in [0.1, 0.15) is 22.3 Å². The molecule has 0 amide bonds. The maximum atomic E-state index is 6.91. The summed E-state index contributed by atoms with van der Waals surface area (Å²) in [6.45, 7) is 0. The van der Waals surface area contributed by atoms with Crippen molar-refractivity contribution in [3.8, 4) is 33.4 Å². The number of fused-ring (bicyclic) bond motifs is 19. The Balaban J connectivity index is 1.05. The van der Waals surface area contributed by atoms with Crippen LogP contribution < -0.4 is 4.90 Å². The van der Waals surface area contributed by atoms with Crippen molar-refractivity contribution in [3.05, 3.63) is 247 Å². The molecule has 3 heteroatoms. The van der Waals surface area contributed by atoms with E-state index in [0.29, 0.717) is 0 Å². The molecule has 0 N–H and O–H groups in total. The molecule has 0 radical (unpaired) electrons. The van der Waals surface area contributed by atoms with E-state index in [1.165, 1.54) is 49.9 Å². The second-order valence-electron chi connectivity index (χ2n) is 17.9. The third-order valence-electron chi connectivity index (χ3n) is 14.6. The molecule has 2 aliphatic rings. The van der Waals surface area contributed by atoms with Crippen molar-refractivity contribution in [2.45, 2.75) is 5.41 Å². The molecule has 0 saturated carbocycles. The Hall–Kier alpha value is -8.66. The quantitative estimate of drug-likeness (QED) is 0.177. The first-order chi connectivity index (χ1) is 32.7. The molecular formula is C63H37NO2. The maximum absolute atomic E-state index is 6.91. The number of furan rings is 2. The van der Waals surface area contributed by atoms with Gasteiger partial charge in [0, 0.05) is 32.8 Å². The van der Waals surface area contributed by atoms with Crippen molar-refractivity contribution < 1.29 is 8.83 Å². The van der Waals surface area contributed by atoms with Crippen LogP contribution in [-0.4, -0.2) is 0 Å². The van der Waals surface area contributed by atoms with E-state index in [9.17, 15) is 0 Å². The van der Waals surface area contributed by atoms with Crippen LogP contribution in [0.5, 0.6) is 0 Å². The second-order valence-corrected chi connectivity index (χ2v) is 17.9. The Kier molecular flexibility index (Phi) is 7.15. The Bertz CT molecular complexity index is 4140. The minimum absolute atomic E-state index is 0.502. The molecule has 0 bridgehead atoms. The maximum Gasteiger partial charge on any atom is 0.143 e. The van der Waals surface area contributed by atoms with E-state index in [2.05, 4.69) is 229 Å². The minimum atomic E-state index is -0.502. The van der Waals surface area contributed by atoms with Crippen LogP contribution >= 0.6 is 0 Å². The lowest BCUT2D eigenvalue weighted by Crippen LogP contribution is -2.26. The van der Waals surface area contributed by atoms with Crippen molar-refractivity contribution in [1.82, 2.24) is 0 Å². The van der Waals surface area contributed by atoms with Gasteiger partial charge in [0.1, 0.15) is 22.3 Å². The predicted octanol–water partition coefficient (Wildman–Crippen LogP) is 17.3. The summed E-state index contributed by atoms with van der Waals surface area (Å²) in [6.07, 6.45) is 0. The molecular weight excluding hydrogens is 803 g/mol. The third kappa shape index (κ3) is 4.66. The Labute approximate surface area is 380 Å². The zero-order chi connectivity index (χ0) is 43.1. The van der Waals surface area contributed by atoms with Gasteiger partial charge in [-0.2, -0.15) is 0 Å². The monoisotopic (exact) mass is 839 g/mol. The van der Waals surface area contributed by atoms with Gasteiger partial charge in [-0.15, -0.1) is 0 Å². The lowest BCUT2D eigenvalue weighted by Gasteiger charge is -2.33. The Morgan fingerprint density at radius 3 is 1.61 bits per heavy atom. The van der Waals surface area contributed by atoms with Gasteiger partial charge in [0.25, 0.3) is 0 Å². The van der Waals surface area contributed by atoms with Gasteiger partial charge < -0.3 is 13.7 Å². The molecule has 0 fully saturated rings. The molecule has 13 aromatic rings. The highest BCUT2D eigenvalue weighted by atomic mass is 16.3. The summed E-state index contributed by atoms with van der Waals surface area (Å²) in [5.41, 5.74) is 18.7. The van der Waals surface area contributed by atoms with E-state index in [1.807, 2.05) is 0 Å². The average molecular weight is 840 g/mol. The van der Waals surface area contributed by atoms with Crippen LogP contribution in [0, 0.1) is 0 Å². The summed E-state index contributed by atoms with van der Waals surface area (Å²) >= 11 is 0. The van der Waals surface area contributed by atoms with Crippen LogP contribution in [-0.2, 0) is 5.41 Å². The zero-order valence-electron chi connectivity index (χ0n) is 35.6. The van der Waals surface area contributed by atoms with Gasteiger partial charge in [-0.1, -0.05) is 170 Å². The largest absolute Gasteiger partial charge is 0.456 e. The molecule has 66 heavy (non-hydrogen) atoms. The zero-order valence-corrected chi connectivity index (χ0v) is 35.6. The number of para-hydroxylation sites is 1. The third-order valence-corrected chi connectivity index (χ3v) is 14.6. The number of hydrogen-bond donors (Lipinski definition) is 0. The van der Waals surface area contributed by atoms with Gasteiger partial charge in [-0.05, 0) is 121 Å². The van der Waals surface area contributed by atoms with E-state index in [4.69, 9.17) is 8.83 Å². The van der Waals surface area contributed by atoms with Crippen LogP contribution in [0.15, 0.2) is 233 Å². The van der Waals surface area contributed by atoms with Gasteiger partial charge in [0.2, 0.25) is 0 Å². The number of rotatable bonds is 4. The fourth-order valence-electron chi connectivity index (χ4n) is 12.0. The summed E-state index contributed by atoms with van der Waals surface area (Å²) in [4.78, 5) is 2.49. The van der Waals surface area contributed by atoms with Crippen LogP contribution in [0.3, 0.4) is 0 Å². The molecule has 2 heterocycles. The topological polar surface area (TPSA) is 29.5 Å². The first-order valence-corrected chi connectivity index (χ1v) is 22.7. The van der Waals surface area contributed by atoms with Gasteiger partial charge in [-0.3, -0.25) is 0 Å². The Morgan fingerprint density at radius 2 is 0.864 bits per heavy atom. The number of nitrogens with zero attached hydrogens (tertiary/aromatic N) is 1. The van der Waals surface area contributed by atoms with Crippen LogP contribution in [0.25, 0.3) is 98.8 Å². The number of anilines is 3. The number of benzene rings is 11. The average Bonchev–Trinajstić information content (AvgIpc) is 4.11. The highest BCUT2D eigenvalue weighted by Crippen LogP contribution is 2.63. The van der Waals surface area contributed by atoms with Gasteiger partial charge in [0.15, 0.2) is 0 Å². The lowest BCUT2D eigenvalue weighted by molar-refractivity contribution is 0.669. The SMILES string of the molecule is c1ccc(N(c2ccc3c(c2)C2(c4ccccc4-c4ccccc42)c2ccccc2-3)c2cccc3oc4c5ccccc5ccc4c23)c(-c2cccc3oc4cc5ccccc5cc4c23)c1. The summed E-state index contributed by atoms with van der Waals surface area (Å²) in [5.74, 6) is 0. The van der Waals surface area contributed by atoms with E-state index < -0.39 is 5.41 Å². The lowest BCUT2D eigenvalue weighted by atomic mass is 9.70. The molecule has 11 aromatic carbocycles. The normalized spacial score (nSPS) is 13.3. The molecule has 0 aliphatic heterocycles. The summed E-state index contributed by atoms with van der Waals surface area (Å²) in [5, 5.41) is 8.97. The molecule has 15 rings (SSSR count). The predicted molar refractivity (Wildman–Crippen MR) is 272 cm³/mol. The van der Waals surface area contributed by atoms with Crippen molar-refractivity contribution in [2.75, 3.05) is 4.90 Å². The Morgan fingerprint density at radius 1 is 0.303 bits per heavy atom. The van der Waals surface area contributed by atoms with Gasteiger partial charge in [-0.25, -0.2) is 0 Å². The van der Waals surface area contributed by atoms with E-state index in [-0.39, 0.29) is 0 Å². The molecule has 0 saturated heterocycles. The van der Waals surface area contributed by atoms with Crippen molar-refractivity contribution in [3.63, 3.8) is 0 Å². The minimum Gasteiger partial charge on any atom is -0.456 e. The van der Waals surface area contributed by atoms with Crippen molar-refractivity contribution >= 4 is 82.5 Å². The highest BCUT2D eigenvalue weighted by Gasteiger charge is 2.51. The highest BCUT2D eigenvalue weighted by molar-refractivity contribution is 6.21. The van der Waals surface area contributed by atoms with Gasteiger partial charge >= 0.3 is 0 Å². The molecule has 306 valence electrons. The van der Waals surface area contributed by atoms with Crippen molar-refractivity contribution in [1.29, 1.82) is 0 Å². The molecule has 0 unspecified atom stereocenters. The standard InChI is InChI=1S/C63H37NO2/c1-2-17-40-36-59-50(35-39(40)16-1)60-48(23-13-29-57(60)65-59)47-22-8-12-27-55(47)64(56-28-14-30-58-61(56)49-33-31-38-15-3-4-18-42(38)62(49)66-58)41-32-34-46-45-21-7-11-26-53(45)63(54(46)37-41)51-24-9-5-19-43(51)44-20-6-10-25-52(44)63/h1-37H. The smallest absolute Gasteiger partial charge is 0.143 e. The second kappa shape index (κ2) is 13.2. The molecule has 2 aliphatic carbocycles. The van der Waals surface area contributed by atoms with E-state index in [1.54, 1.807) is 0 Å². The molecule has 1 spiro atoms. The molecule has 0 atom stereocenters. The summed E-state index contributed by atoms with van der Waals surface area (Å²) in [7, 11) is 0. The fourth-order valence-corrected chi connectivity index (χ4v) is 12.0. The van der Waals surface area contributed by atoms with E-state index >= 15 is 0 Å². The van der Waals surface area contributed by atoms with Crippen LogP contribution in [0.4, 0.5) is 17.1 Å². The van der Waals surface area contributed by atoms with Crippen molar-refractivity contribution in [2.24, 2.45) is 0 Å². The number of hydrogen-bond acceptors (Lipinski definition) is 3. The fraction of sp³-hybridized carbons (Fsp3) is 0.0159. The van der Waals surface area contributed by atoms with Gasteiger partial charge in [0.05, 0.1) is 22.2 Å². The first kappa shape index (κ1) is 35.8. The summed E-state index contributed by atoms with van der Waals surface area (Å²) < 4.78 is 13.6. The molecule has 2 aromatic heterocycles. The molecule has 3 nitrogen and oxygen atoms in total. The first-order valence-electron chi connectivity index (χ1n) is 22.7. The summed E-state index contributed by atoms with van der Waals surface area (Å²) in [6, 6.07) is 82.1. The van der Waals surface area contributed by atoms with Crippen LogP contribution in [0.2, 0.25) is 0 Å². The van der Waals surface area contributed by atoms with E-state index in [0.717, 1.165) is 88.2 Å².